The Kier molecular flexibility index (Phi) is 5.59. The summed E-state index contributed by atoms with van der Waals surface area (Å²) in [5.41, 5.74) is 0.803. The van der Waals surface area contributed by atoms with E-state index >= 15 is 0 Å². The molecule has 10 heteroatoms. The van der Waals surface area contributed by atoms with Crippen molar-refractivity contribution in [2.24, 2.45) is 0 Å². The number of hydrogen-bond donors (Lipinski definition) is 2. The highest BCUT2D eigenvalue weighted by Gasteiger charge is 2.21. The van der Waals surface area contributed by atoms with Gasteiger partial charge in [-0.25, -0.2) is 8.42 Å². The Morgan fingerprint density at radius 2 is 2.04 bits per heavy atom. The Balaban J connectivity index is 1.72. The summed E-state index contributed by atoms with van der Waals surface area (Å²) in [6, 6.07) is 9.70. The van der Waals surface area contributed by atoms with Crippen LogP contribution < -0.4 is 5.32 Å². The van der Waals surface area contributed by atoms with Gasteiger partial charge in [-0.2, -0.15) is 5.10 Å². The second kappa shape index (κ2) is 7.75. The van der Waals surface area contributed by atoms with E-state index in [1.165, 1.54) is 23.5 Å². The molecule has 142 valence electrons. The van der Waals surface area contributed by atoms with Gasteiger partial charge in [-0.1, -0.05) is 18.2 Å². The van der Waals surface area contributed by atoms with Crippen molar-refractivity contribution in [3.8, 4) is 10.7 Å². The van der Waals surface area contributed by atoms with E-state index in [1.54, 1.807) is 23.6 Å². The number of nitrogens with one attached hydrogen (secondary N) is 2. The Morgan fingerprint density at radius 1 is 1.33 bits per heavy atom. The SMILES string of the molecule is CC(C(=O)NCc1ccc(S(C)(=O)=O)cc1)n1c(-c2cccs2)n[nH]c1=S. The lowest BCUT2D eigenvalue weighted by Gasteiger charge is -2.15. The van der Waals surface area contributed by atoms with Crippen molar-refractivity contribution >= 4 is 39.3 Å². The molecule has 2 heterocycles. The minimum absolute atomic E-state index is 0.211. The van der Waals surface area contributed by atoms with Crippen LogP contribution in [0.2, 0.25) is 0 Å². The number of carbonyl (C=O) groups excluding carboxylic acids is 1. The molecule has 2 N–H and O–H groups in total. The second-order valence-electron chi connectivity index (χ2n) is 6.01. The standard InChI is InChI=1S/C17H18N4O3S3/c1-11(21-15(19-20-17(21)25)14-4-3-9-26-14)16(22)18-10-12-5-7-13(8-6-12)27(2,23)24/h3-9,11H,10H2,1-2H3,(H,18,22)(H,20,25). The van der Waals surface area contributed by atoms with Crippen LogP contribution in [0.3, 0.4) is 0 Å². The van der Waals surface area contributed by atoms with Crippen molar-refractivity contribution < 1.29 is 13.2 Å². The molecule has 1 unspecified atom stereocenters. The van der Waals surface area contributed by atoms with E-state index in [1.807, 2.05) is 17.5 Å². The van der Waals surface area contributed by atoms with E-state index in [0.717, 1.165) is 16.7 Å². The molecule has 1 amide bonds. The summed E-state index contributed by atoms with van der Waals surface area (Å²) in [4.78, 5) is 13.8. The molecule has 0 saturated carbocycles. The predicted molar refractivity (Wildman–Crippen MR) is 107 cm³/mol. The van der Waals surface area contributed by atoms with E-state index in [4.69, 9.17) is 12.2 Å². The highest BCUT2D eigenvalue weighted by Crippen LogP contribution is 2.25. The maximum Gasteiger partial charge on any atom is 0.243 e. The number of rotatable bonds is 6. The van der Waals surface area contributed by atoms with Gasteiger partial charge >= 0.3 is 0 Å². The third kappa shape index (κ3) is 4.34. The first kappa shape index (κ1) is 19.5. The fraction of sp³-hybridized carbons (Fsp3) is 0.235. The molecule has 1 atom stereocenters. The van der Waals surface area contributed by atoms with Crippen molar-refractivity contribution in [3.05, 3.63) is 52.1 Å². The van der Waals surface area contributed by atoms with Gasteiger partial charge in [0.15, 0.2) is 20.4 Å². The lowest BCUT2D eigenvalue weighted by Crippen LogP contribution is -2.31. The molecule has 27 heavy (non-hydrogen) atoms. The van der Waals surface area contributed by atoms with Gasteiger partial charge < -0.3 is 5.32 Å². The zero-order valence-electron chi connectivity index (χ0n) is 14.7. The molecule has 7 nitrogen and oxygen atoms in total. The first-order valence-electron chi connectivity index (χ1n) is 8.05. The van der Waals surface area contributed by atoms with Crippen LogP contribution in [-0.2, 0) is 21.2 Å². The third-order valence-corrected chi connectivity index (χ3v) is 6.31. The predicted octanol–water partition coefficient (Wildman–Crippen LogP) is 2.95. The maximum absolute atomic E-state index is 12.6. The van der Waals surface area contributed by atoms with Crippen LogP contribution in [0.25, 0.3) is 10.7 Å². The molecule has 3 aromatic rings. The topological polar surface area (TPSA) is 96.8 Å². The average Bonchev–Trinajstić information content (AvgIpc) is 3.28. The Bertz CT molecular complexity index is 1100. The van der Waals surface area contributed by atoms with Gasteiger partial charge in [0.05, 0.1) is 9.77 Å². The Hall–Kier alpha value is -2.30. The molecule has 0 aliphatic carbocycles. The number of aromatic amines is 1. The number of benzene rings is 1. The number of thiophene rings is 1. The summed E-state index contributed by atoms with van der Waals surface area (Å²) >= 11 is 6.80. The highest BCUT2D eigenvalue weighted by molar-refractivity contribution is 7.90. The molecule has 0 aliphatic heterocycles. The molecule has 0 saturated heterocycles. The van der Waals surface area contributed by atoms with Crippen LogP contribution in [0.5, 0.6) is 0 Å². The summed E-state index contributed by atoms with van der Waals surface area (Å²) in [6.07, 6.45) is 1.16. The summed E-state index contributed by atoms with van der Waals surface area (Å²) in [6.45, 7) is 2.04. The van der Waals surface area contributed by atoms with Gasteiger partial charge in [-0.05, 0) is 48.3 Å². The molecule has 0 aliphatic rings. The van der Waals surface area contributed by atoms with Crippen molar-refractivity contribution in [1.82, 2.24) is 20.1 Å². The Labute approximate surface area is 166 Å². The first-order valence-corrected chi connectivity index (χ1v) is 11.2. The quantitative estimate of drug-likeness (QED) is 0.595. The lowest BCUT2D eigenvalue weighted by molar-refractivity contribution is -0.124. The molecule has 1 aromatic carbocycles. The van der Waals surface area contributed by atoms with E-state index in [0.29, 0.717) is 10.6 Å². The number of sulfone groups is 1. The second-order valence-corrected chi connectivity index (χ2v) is 9.36. The molecule has 3 rings (SSSR count). The van der Waals surface area contributed by atoms with Crippen LogP contribution in [0, 0.1) is 4.77 Å². The summed E-state index contributed by atoms with van der Waals surface area (Å²) < 4.78 is 25.1. The summed E-state index contributed by atoms with van der Waals surface area (Å²) in [7, 11) is -3.24. The summed E-state index contributed by atoms with van der Waals surface area (Å²) in [5, 5.41) is 11.8. The first-order chi connectivity index (χ1) is 12.8. The van der Waals surface area contributed by atoms with Crippen LogP contribution in [0.4, 0.5) is 0 Å². The van der Waals surface area contributed by atoms with Gasteiger partial charge in [0.2, 0.25) is 5.91 Å². The van der Waals surface area contributed by atoms with Gasteiger partial charge in [0.25, 0.3) is 0 Å². The fourth-order valence-electron chi connectivity index (χ4n) is 2.55. The Morgan fingerprint density at radius 3 is 2.63 bits per heavy atom. The maximum atomic E-state index is 12.6. The minimum Gasteiger partial charge on any atom is -0.350 e. The van der Waals surface area contributed by atoms with Crippen molar-refractivity contribution in [2.45, 2.75) is 24.4 Å². The van der Waals surface area contributed by atoms with Crippen LogP contribution in [0.15, 0.2) is 46.7 Å². The number of H-pyrrole nitrogens is 1. The molecular weight excluding hydrogens is 404 g/mol. The number of nitrogens with zero attached hydrogens (tertiary/aromatic N) is 2. The average molecular weight is 423 g/mol. The van der Waals surface area contributed by atoms with Crippen LogP contribution >= 0.6 is 23.6 Å². The molecule has 0 fully saturated rings. The van der Waals surface area contributed by atoms with Crippen molar-refractivity contribution in [2.75, 3.05) is 6.26 Å². The number of hydrogen-bond acceptors (Lipinski definition) is 6. The summed E-state index contributed by atoms with van der Waals surface area (Å²) in [5.74, 6) is 0.410. The van der Waals surface area contributed by atoms with E-state index in [9.17, 15) is 13.2 Å². The zero-order chi connectivity index (χ0) is 19.6. The van der Waals surface area contributed by atoms with Gasteiger partial charge in [0.1, 0.15) is 6.04 Å². The van der Waals surface area contributed by atoms with E-state index in [-0.39, 0.29) is 17.3 Å². The van der Waals surface area contributed by atoms with Crippen molar-refractivity contribution in [1.29, 1.82) is 0 Å². The van der Waals surface area contributed by atoms with E-state index < -0.39 is 15.9 Å². The molecule has 0 radical (unpaired) electrons. The number of aromatic nitrogens is 3. The number of amides is 1. The van der Waals surface area contributed by atoms with Gasteiger partial charge in [0, 0.05) is 12.8 Å². The largest absolute Gasteiger partial charge is 0.350 e. The minimum atomic E-state index is -3.24. The van der Waals surface area contributed by atoms with Gasteiger partial charge in [-0.15, -0.1) is 11.3 Å². The smallest absolute Gasteiger partial charge is 0.243 e. The molecule has 0 bridgehead atoms. The third-order valence-electron chi connectivity index (χ3n) is 4.03. The lowest BCUT2D eigenvalue weighted by atomic mass is 10.2. The van der Waals surface area contributed by atoms with Crippen molar-refractivity contribution in [3.63, 3.8) is 0 Å². The highest BCUT2D eigenvalue weighted by atomic mass is 32.2. The monoisotopic (exact) mass is 422 g/mol. The number of carbonyl (C=O) groups is 1. The normalized spacial score (nSPS) is 12.7. The van der Waals surface area contributed by atoms with Crippen LogP contribution in [0.1, 0.15) is 18.5 Å². The van der Waals surface area contributed by atoms with Gasteiger partial charge in [-0.3, -0.25) is 14.5 Å². The molecule has 2 aromatic heterocycles. The zero-order valence-corrected chi connectivity index (χ0v) is 17.1. The van der Waals surface area contributed by atoms with Crippen LogP contribution in [-0.4, -0.2) is 35.3 Å². The molecular formula is C17H18N4O3S3. The van der Waals surface area contributed by atoms with E-state index in [2.05, 4.69) is 15.5 Å². The fourth-order valence-corrected chi connectivity index (χ4v) is 4.18. The molecule has 0 spiro atoms.